The molecule has 0 fully saturated rings. The smallest absolute Gasteiger partial charge is 0.0901 e. The maximum Gasteiger partial charge on any atom is 0.0901 e. The summed E-state index contributed by atoms with van der Waals surface area (Å²) in [5.41, 5.74) is 0.516. The molecule has 12 heavy (non-hydrogen) atoms. The van der Waals surface area contributed by atoms with E-state index in [-0.39, 0.29) is 0 Å². The normalized spacial score (nSPS) is 12.0. The molecule has 0 amide bonds. The van der Waals surface area contributed by atoms with Crippen LogP contribution in [0.5, 0.6) is 0 Å². The van der Waals surface area contributed by atoms with Crippen LogP contribution in [-0.2, 0) is 5.60 Å². The topological polar surface area (TPSA) is 20.2 Å². The van der Waals surface area contributed by atoms with Gasteiger partial charge in [-0.05, 0) is 36.8 Å². The molecule has 68 valence electrons. The zero-order chi connectivity index (χ0) is 9.19. The Morgan fingerprint density at radius 2 is 2.00 bits per heavy atom. The number of aliphatic hydroxyl groups is 1. The third-order valence-electron chi connectivity index (χ3n) is 2.53. The predicted molar refractivity (Wildman–Crippen MR) is 53.5 cm³/mol. The lowest BCUT2D eigenvalue weighted by Gasteiger charge is -2.25. The van der Waals surface area contributed by atoms with Gasteiger partial charge in [-0.15, -0.1) is 11.3 Å². The lowest BCUT2D eigenvalue weighted by Crippen LogP contribution is -2.23. The van der Waals surface area contributed by atoms with Crippen molar-refractivity contribution in [2.24, 2.45) is 0 Å². The number of aryl methyl sites for hydroxylation is 1. The first-order valence-corrected chi connectivity index (χ1v) is 5.29. The van der Waals surface area contributed by atoms with Gasteiger partial charge in [-0.1, -0.05) is 13.8 Å². The van der Waals surface area contributed by atoms with E-state index in [1.807, 2.05) is 25.3 Å². The number of thiophene rings is 1. The Kier molecular flexibility index (Phi) is 2.91. The van der Waals surface area contributed by atoms with Crippen molar-refractivity contribution in [1.82, 2.24) is 0 Å². The lowest BCUT2D eigenvalue weighted by molar-refractivity contribution is 0.0283. The zero-order valence-corrected chi connectivity index (χ0v) is 8.74. The average Bonchev–Trinajstić information content (AvgIpc) is 2.51. The summed E-state index contributed by atoms with van der Waals surface area (Å²) in [6, 6.07) is 2.03. The Balaban J connectivity index is 3.02. The predicted octanol–water partition coefficient (Wildman–Crippen LogP) is 3.06. The van der Waals surface area contributed by atoms with Gasteiger partial charge >= 0.3 is 0 Å². The first-order valence-electron chi connectivity index (χ1n) is 4.41. The van der Waals surface area contributed by atoms with Gasteiger partial charge in [0.05, 0.1) is 5.60 Å². The minimum atomic E-state index is -0.593. The van der Waals surface area contributed by atoms with Crippen LogP contribution in [0.2, 0.25) is 0 Å². The summed E-state index contributed by atoms with van der Waals surface area (Å²) in [6.07, 6.45) is 1.59. The molecule has 0 atom stereocenters. The van der Waals surface area contributed by atoms with Crippen LogP contribution >= 0.6 is 11.3 Å². The highest BCUT2D eigenvalue weighted by atomic mass is 32.1. The van der Waals surface area contributed by atoms with Crippen molar-refractivity contribution in [3.05, 3.63) is 21.9 Å². The summed E-state index contributed by atoms with van der Waals surface area (Å²) in [5, 5.41) is 12.2. The summed E-state index contributed by atoms with van der Waals surface area (Å²) in [5.74, 6) is 0. The second-order valence-corrected chi connectivity index (χ2v) is 4.25. The van der Waals surface area contributed by atoms with Crippen molar-refractivity contribution < 1.29 is 5.11 Å². The fourth-order valence-corrected chi connectivity index (χ4v) is 2.29. The molecule has 1 nitrogen and oxygen atoms in total. The molecular formula is C10H16OS. The van der Waals surface area contributed by atoms with E-state index in [0.717, 1.165) is 18.4 Å². The van der Waals surface area contributed by atoms with E-state index in [2.05, 4.69) is 6.92 Å². The molecule has 1 aromatic heterocycles. The third kappa shape index (κ3) is 1.54. The molecule has 1 heterocycles. The minimum Gasteiger partial charge on any atom is -0.385 e. The Morgan fingerprint density at radius 3 is 2.33 bits per heavy atom. The highest BCUT2D eigenvalue weighted by Gasteiger charge is 2.26. The summed E-state index contributed by atoms with van der Waals surface area (Å²) >= 11 is 1.70. The molecule has 0 saturated heterocycles. The van der Waals surface area contributed by atoms with Crippen LogP contribution < -0.4 is 0 Å². The fraction of sp³-hybridized carbons (Fsp3) is 0.600. The minimum absolute atomic E-state index is 0.593. The van der Waals surface area contributed by atoms with Gasteiger partial charge in [0.15, 0.2) is 0 Å². The maximum atomic E-state index is 10.2. The molecule has 0 aliphatic carbocycles. The van der Waals surface area contributed by atoms with E-state index in [4.69, 9.17) is 0 Å². The summed E-state index contributed by atoms with van der Waals surface area (Å²) in [6.45, 7) is 6.12. The summed E-state index contributed by atoms with van der Waals surface area (Å²) < 4.78 is 0. The quantitative estimate of drug-likeness (QED) is 0.765. The van der Waals surface area contributed by atoms with Crippen LogP contribution in [0.3, 0.4) is 0 Å². The first kappa shape index (κ1) is 9.75. The van der Waals surface area contributed by atoms with Crippen molar-refractivity contribution in [2.75, 3.05) is 0 Å². The molecule has 0 aliphatic rings. The standard InChI is InChI=1S/C10H16OS/c1-4-10(11,5-2)9-6-7-12-8(9)3/h6-7,11H,4-5H2,1-3H3. The summed E-state index contributed by atoms with van der Waals surface area (Å²) in [7, 11) is 0. The molecular weight excluding hydrogens is 168 g/mol. The monoisotopic (exact) mass is 184 g/mol. The summed E-state index contributed by atoms with van der Waals surface area (Å²) in [4.78, 5) is 1.24. The molecule has 2 heteroatoms. The van der Waals surface area contributed by atoms with Crippen LogP contribution in [-0.4, -0.2) is 5.11 Å². The van der Waals surface area contributed by atoms with Crippen molar-refractivity contribution in [2.45, 2.75) is 39.2 Å². The van der Waals surface area contributed by atoms with Crippen LogP contribution in [0.25, 0.3) is 0 Å². The highest BCUT2D eigenvalue weighted by molar-refractivity contribution is 7.10. The van der Waals surface area contributed by atoms with Crippen molar-refractivity contribution in [1.29, 1.82) is 0 Å². The average molecular weight is 184 g/mol. The van der Waals surface area contributed by atoms with Gasteiger partial charge in [0.1, 0.15) is 0 Å². The number of hydrogen-bond acceptors (Lipinski definition) is 2. The van der Waals surface area contributed by atoms with E-state index < -0.39 is 5.60 Å². The molecule has 0 saturated carbocycles. The van der Waals surface area contributed by atoms with E-state index >= 15 is 0 Å². The Hall–Kier alpha value is -0.340. The van der Waals surface area contributed by atoms with Gasteiger partial charge in [0, 0.05) is 4.88 Å². The van der Waals surface area contributed by atoms with Gasteiger partial charge in [0.25, 0.3) is 0 Å². The molecule has 0 aliphatic heterocycles. The van der Waals surface area contributed by atoms with Gasteiger partial charge in [-0.25, -0.2) is 0 Å². The zero-order valence-electron chi connectivity index (χ0n) is 7.92. The molecule has 0 radical (unpaired) electrons. The van der Waals surface area contributed by atoms with Crippen LogP contribution in [0.4, 0.5) is 0 Å². The molecule has 0 bridgehead atoms. The van der Waals surface area contributed by atoms with Crippen molar-refractivity contribution >= 4 is 11.3 Å². The highest BCUT2D eigenvalue weighted by Crippen LogP contribution is 2.33. The van der Waals surface area contributed by atoms with Crippen LogP contribution in [0.15, 0.2) is 11.4 Å². The lowest BCUT2D eigenvalue weighted by atomic mass is 9.89. The molecule has 1 N–H and O–H groups in total. The van der Waals surface area contributed by atoms with Gasteiger partial charge < -0.3 is 5.11 Å². The van der Waals surface area contributed by atoms with E-state index in [1.165, 1.54) is 4.88 Å². The van der Waals surface area contributed by atoms with Gasteiger partial charge in [-0.2, -0.15) is 0 Å². The largest absolute Gasteiger partial charge is 0.385 e. The molecule has 0 spiro atoms. The third-order valence-corrected chi connectivity index (χ3v) is 3.38. The Bertz CT molecular complexity index is 248. The SMILES string of the molecule is CCC(O)(CC)c1ccsc1C. The maximum absolute atomic E-state index is 10.2. The van der Waals surface area contributed by atoms with Crippen LogP contribution in [0.1, 0.15) is 37.1 Å². The number of rotatable bonds is 3. The van der Waals surface area contributed by atoms with Crippen molar-refractivity contribution in [3.63, 3.8) is 0 Å². The van der Waals surface area contributed by atoms with Crippen LogP contribution in [0, 0.1) is 6.92 Å². The second kappa shape index (κ2) is 3.58. The van der Waals surface area contributed by atoms with Crippen molar-refractivity contribution in [3.8, 4) is 0 Å². The number of hydrogen-bond donors (Lipinski definition) is 1. The second-order valence-electron chi connectivity index (χ2n) is 3.13. The Labute approximate surface area is 78.1 Å². The van der Waals surface area contributed by atoms with E-state index in [9.17, 15) is 5.11 Å². The Morgan fingerprint density at radius 1 is 1.42 bits per heavy atom. The van der Waals surface area contributed by atoms with E-state index in [0.29, 0.717) is 0 Å². The molecule has 0 unspecified atom stereocenters. The van der Waals surface area contributed by atoms with Gasteiger partial charge in [-0.3, -0.25) is 0 Å². The molecule has 0 aromatic carbocycles. The first-order chi connectivity index (χ1) is 5.64. The van der Waals surface area contributed by atoms with Gasteiger partial charge in [0.2, 0.25) is 0 Å². The molecule has 1 aromatic rings. The fourth-order valence-electron chi connectivity index (χ4n) is 1.50. The molecule has 1 rings (SSSR count). The van der Waals surface area contributed by atoms with E-state index in [1.54, 1.807) is 11.3 Å².